The summed E-state index contributed by atoms with van der Waals surface area (Å²) in [5.41, 5.74) is 0.283. The molecule has 8 fully saturated rings. The number of ether oxygens (including phenoxy) is 10. The van der Waals surface area contributed by atoms with E-state index in [9.17, 15) is 73.9 Å². The van der Waals surface area contributed by atoms with Crippen molar-refractivity contribution in [2.45, 2.75) is 240 Å². The van der Waals surface area contributed by atoms with Crippen LogP contribution in [0.25, 0.3) is 0 Å². The van der Waals surface area contributed by atoms with Crippen molar-refractivity contribution in [3.8, 4) is 0 Å². The Morgan fingerprint density at radius 2 is 1.11 bits per heavy atom. The molecule has 12 N–H and O–H groups in total. The second-order valence-corrected chi connectivity index (χ2v) is 24.2. The standard InChI is InChI=1S/C49H78O26S/c1-17(50)23-7-8-24-22-14-28(26-13-21(75-76(62,63)64)9-11-49(26,6)25(22)10-12-48(23,24)5)70-45-39(61)40(32(54)20(4)69-45)72-47-42(74-44-38(60)36(58)31(53)19(3)68-44)34(56)29(16-66-47)71-46-41(33(55)27(51)15-65-46)73-43-37(59)35(57)30(52)18(2)67-43/h10,18-24,26-47,51-61H,7-9,11-16H2,1-6H3,(H,62,63,64)/t18-,19-,20-,21+,22+,23-,24+,26-,27-,28+,29-,30+,31-,32-,33+,34+,35+,36+,37-,38-,39-,40+,41-,42-,43+,44+,45+,46+,47+,48-,49-/m1/s1. The van der Waals surface area contributed by atoms with Crippen molar-refractivity contribution in [1.29, 1.82) is 0 Å². The van der Waals surface area contributed by atoms with Gasteiger partial charge in [-0.15, -0.1) is 0 Å². The van der Waals surface area contributed by atoms with E-state index in [1.165, 1.54) is 26.3 Å². The highest BCUT2D eigenvalue weighted by Gasteiger charge is 2.62. The third kappa shape index (κ3) is 11.1. The van der Waals surface area contributed by atoms with E-state index >= 15 is 0 Å². The first-order chi connectivity index (χ1) is 35.6. The summed E-state index contributed by atoms with van der Waals surface area (Å²) in [7, 11) is -4.83. The van der Waals surface area contributed by atoms with E-state index in [0.717, 1.165) is 12.8 Å². The Balaban J connectivity index is 0.970. The summed E-state index contributed by atoms with van der Waals surface area (Å²) in [6.07, 6.45) is -33.5. The number of Topliss-reactive ketones (excluding diaryl/α,β-unsaturated/α-hetero) is 1. The maximum atomic E-state index is 13.0. The van der Waals surface area contributed by atoms with Crippen LogP contribution < -0.4 is 0 Å². The minimum Gasteiger partial charge on any atom is -0.388 e. The molecule has 436 valence electrons. The number of aliphatic hydroxyl groups is 11. The first-order valence-corrected chi connectivity index (χ1v) is 27.8. The zero-order valence-electron chi connectivity index (χ0n) is 43.2. The molecule has 0 amide bonds. The Hall–Kier alpha value is -1.56. The molecular weight excluding hydrogens is 1040 g/mol. The molecule has 5 heterocycles. The Morgan fingerprint density at radius 1 is 0.579 bits per heavy atom. The summed E-state index contributed by atoms with van der Waals surface area (Å²) in [6.45, 7) is 9.04. The van der Waals surface area contributed by atoms with Crippen LogP contribution in [0.5, 0.6) is 0 Å². The number of carbonyl (C=O) groups excluding carboxylic acids is 1. The Labute approximate surface area is 439 Å². The molecule has 31 atom stereocenters. The molecule has 76 heavy (non-hydrogen) atoms. The Morgan fingerprint density at radius 3 is 1.70 bits per heavy atom. The van der Waals surface area contributed by atoms with Gasteiger partial charge in [-0.05, 0) is 101 Å². The van der Waals surface area contributed by atoms with Crippen molar-refractivity contribution < 1.29 is 125 Å². The topological polar surface area (TPSA) is 396 Å². The minimum absolute atomic E-state index is 0.0684. The van der Waals surface area contributed by atoms with Crippen LogP contribution in [-0.4, -0.2) is 242 Å². The van der Waals surface area contributed by atoms with Gasteiger partial charge in [-0.25, -0.2) is 4.18 Å². The van der Waals surface area contributed by atoms with Crippen molar-refractivity contribution in [2.24, 2.45) is 34.5 Å². The van der Waals surface area contributed by atoms with Crippen LogP contribution >= 0.6 is 0 Å². The highest BCUT2D eigenvalue weighted by atomic mass is 32.3. The third-order valence-electron chi connectivity index (χ3n) is 18.5. The summed E-state index contributed by atoms with van der Waals surface area (Å²) in [6, 6.07) is 0. The van der Waals surface area contributed by atoms with E-state index in [-0.39, 0.29) is 35.4 Å². The van der Waals surface area contributed by atoms with Crippen LogP contribution in [0.3, 0.4) is 0 Å². The molecule has 27 heteroatoms. The summed E-state index contributed by atoms with van der Waals surface area (Å²) in [5, 5.41) is 121. The molecule has 0 spiro atoms. The van der Waals surface area contributed by atoms with Gasteiger partial charge in [-0.3, -0.25) is 9.35 Å². The van der Waals surface area contributed by atoms with E-state index in [1.54, 1.807) is 6.92 Å². The second kappa shape index (κ2) is 22.6. The van der Waals surface area contributed by atoms with Crippen LogP contribution in [0.4, 0.5) is 0 Å². The number of fused-ring (bicyclic) bond motifs is 5. The molecule has 0 radical (unpaired) electrons. The van der Waals surface area contributed by atoms with Gasteiger partial charge in [0.25, 0.3) is 0 Å². The van der Waals surface area contributed by atoms with Crippen molar-refractivity contribution in [1.82, 2.24) is 0 Å². The van der Waals surface area contributed by atoms with Gasteiger partial charge in [0.2, 0.25) is 0 Å². The van der Waals surface area contributed by atoms with Gasteiger partial charge in [0.15, 0.2) is 31.5 Å². The Bertz CT molecular complexity index is 2180. The van der Waals surface area contributed by atoms with Crippen LogP contribution in [0, 0.1) is 34.5 Å². The molecule has 5 saturated heterocycles. The predicted molar refractivity (Wildman–Crippen MR) is 251 cm³/mol. The van der Waals surface area contributed by atoms with Crippen LogP contribution in [-0.2, 0) is 66.7 Å². The molecule has 9 aliphatic rings. The summed E-state index contributed by atoms with van der Waals surface area (Å²) in [4.78, 5) is 13.0. The van der Waals surface area contributed by atoms with Crippen molar-refractivity contribution in [3.05, 3.63) is 11.6 Å². The lowest BCUT2D eigenvalue weighted by Crippen LogP contribution is -2.66. The second-order valence-electron chi connectivity index (χ2n) is 23.2. The predicted octanol–water partition coefficient (Wildman–Crippen LogP) is -3.20. The lowest BCUT2D eigenvalue weighted by Gasteiger charge is -2.59. The monoisotopic (exact) mass is 1110 g/mol. The van der Waals surface area contributed by atoms with E-state index in [1.807, 2.05) is 0 Å². The zero-order chi connectivity index (χ0) is 55.2. The lowest BCUT2D eigenvalue weighted by atomic mass is 9.48. The van der Waals surface area contributed by atoms with Gasteiger partial charge in [0.1, 0.15) is 97.3 Å². The number of allylic oxidation sites excluding steroid dienone is 2. The SMILES string of the molecule is CC(=O)[C@H]1CC[C@H]2[C@@H]3C[C@H](O[C@@H]4O[C@H](C)[C@@H](O)[C@H](O[C@@H]5OC[C@@H](O[C@@H]6OC[C@@H](O)[C@H](O)[C@H]6O[C@@H]6O[C@H](C)[C@H](O)[C@H](O)[C@H]6O)[C@H](O)[C@H]5O[C@@H]5O[C@H](C)[C@@H](O)[C@H](O)[C@H]5O)[C@H]4O)[C@H]4C[C@@H](OS(=O)(=O)O)CC[C@]4(C)C3=CC[C@]12C. The molecule has 0 bridgehead atoms. The van der Waals surface area contributed by atoms with Crippen LogP contribution in [0.15, 0.2) is 11.6 Å². The third-order valence-corrected chi connectivity index (χ3v) is 19.0. The molecule has 9 rings (SSSR count). The summed E-state index contributed by atoms with van der Waals surface area (Å²) < 4.78 is 99.4. The fraction of sp³-hybridized carbons (Fsp3) is 0.939. The molecular formula is C49H78O26S. The van der Waals surface area contributed by atoms with Gasteiger partial charge < -0.3 is 104 Å². The number of hydrogen-bond donors (Lipinski definition) is 12. The molecule has 0 aromatic carbocycles. The zero-order valence-corrected chi connectivity index (χ0v) is 44.0. The maximum absolute atomic E-state index is 13.0. The number of carbonyl (C=O) groups is 1. The number of hydrogen-bond acceptors (Lipinski definition) is 25. The maximum Gasteiger partial charge on any atom is 0.397 e. The van der Waals surface area contributed by atoms with E-state index in [2.05, 4.69) is 19.9 Å². The molecule has 4 aliphatic carbocycles. The van der Waals surface area contributed by atoms with Gasteiger partial charge in [0.05, 0.1) is 43.7 Å². The fourth-order valence-electron chi connectivity index (χ4n) is 14.1. The summed E-state index contributed by atoms with van der Waals surface area (Å²) in [5.74, 6) is -0.445. The van der Waals surface area contributed by atoms with Gasteiger partial charge in [-0.2, -0.15) is 8.42 Å². The van der Waals surface area contributed by atoms with Crippen molar-refractivity contribution in [3.63, 3.8) is 0 Å². The molecule has 5 aliphatic heterocycles. The van der Waals surface area contributed by atoms with E-state index in [0.29, 0.717) is 25.7 Å². The van der Waals surface area contributed by atoms with Crippen molar-refractivity contribution >= 4 is 16.2 Å². The van der Waals surface area contributed by atoms with Gasteiger partial charge in [0, 0.05) is 5.92 Å². The molecule has 26 nitrogen and oxygen atoms in total. The first-order valence-electron chi connectivity index (χ1n) is 26.5. The van der Waals surface area contributed by atoms with Gasteiger partial charge >= 0.3 is 10.4 Å². The number of aliphatic hydroxyl groups excluding tert-OH is 11. The highest BCUT2D eigenvalue weighted by molar-refractivity contribution is 7.80. The molecule has 0 aromatic rings. The Kier molecular flexibility index (Phi) is 17.6. The molecule has 0 aromatic heterocycles. The van der Waals surface area contributed by atoms with Crippen LogP contribution in [0.1, 0.15) is 86.5 Å². The average Bonchev–Trinajstić information content (AvgIpc) is 3.75. The van der Waals surface area contributed by atoms with Crippen molar-refractivity contribution in [2.75, 3.05) is 13.2 Å². The minimum atomic E-state index is -4.83. The summed E-state index contributed by atoms with van der Waals surface area (Å²) >= 11 is 0. The highest BCUT2D eigenvalue weighted by Crippen LogP contribution is 2.66. The largest absolute Gasteiger partial charge is 0.397 e. The van der Waals surface area contributed by atoms with E-state index in [4.69, 9.17) is 51.6 Å². The smallest absolute Gasteiger partial charge is 0.388 e. The number of rotatable bonds is 13. The normalized spacial score (nSPS) is 54.0. The first kappa shape index (κ1) is 59.1. The molecule has 3 saturated carbocycles. The van der Waals surface area contributed by atoms with E-state index < -0.39 is 188 Å². The van der Waals surface area contributed by atoms with Gasteiger partial charge in [-0.1, -0.05) is 25.5 Å². The molecule has 0 unspecified atom stereocenters. The average molecular weight is 1120 g/mol. The quantitative estimate of drug-likeness (QED) is 0.0638. The number of ketones is 1. The lowest BCUT2D eigenvalue weighted by molar-refractivity contribution is -0.394. The van der Waals surface area contributed by atoms with Crippen LogP contribution in [0.2, 0.25) is 0 Å². The fourth-order valence-corrected chi connectivity index (χ4v) is 14.6.